The van der Waals surface area contributed by atoms with Gasteiger partial charge in [-0.3, -0.25) is 9.59 Å². The van der Waals surface area contributed by atoms with Gasteiger partial charge in [-0.1, -0.05) is 30.3 Å². The molecule has 0 spiro atoms. The number of Topliss-reactive ketones (excluding diaryl/α,β-unsaturated/α-hetero) is 1. The molecule has 1 aromatic rings. The zero-order valence-corrected chi connectivity index (χ0v) is 10.4. The lowest BCUT2D eigenvalue weighted by Crippen LogP contribution is -2.32. The van der Waals surface area contributed by atoms with Gasteiger partial charge in [-0.15, -0.1) is 0 Å². The van der Waals surface area contributed by atoms with Crippen LogP contribution in [0.2, 0.25) is 0 Å². The number of ketones is 2. The molecule has 0 saturated carbocycles. The van der Waals surface area contributed by atoms with E-state index >= 15 is 0 Å². The summed E-state index contributed by atoms with van der Waals surface area (Å²) in [7, 11) is 1.34. The molecular formula is C14H16O4. The van der Waals surface area contributed by atoms with Crippen molar-refractivity contribution in [3.8, 4) is 0 Å². The molecular weight excluding hydrogens is 232 g/mol. The van der Waals surface area contributed by atoms with Crippen LogP contribution in [0.3, 0.4) is 0 Å². The van der Waals surface area contributed by atoms with E-state index in [1.807, 2.05) is 6.07 Å². The summed E-state index contributed by atoms with van der Waals surface area (Å²) >= 11 is 0. The van der Waals surface area contributed by atoms with Crippen molar-refractivity contribution in [3.63, 3.8) is 0 Å². The highest BCUT2D eigenvalue weighted by Gasteiger charge is 2.20. The summed E-state index contributed by atoms with van der Waals surface area (Å²) < 4.78 is 4.85. The molecule has 0 aliphatic heterocycles. The number of aliphatic hydroxyl groups is 1. The Bertz CT molecular complexity index is 436. The number of carbonyl (C=O) groups excluding carboxylic acids is 2. The lowest BCUT2D eigenvalue weighted by molar-refractivity contribution is -0.131. The summed E-state index contributed by atoms with van der Waals surface area (Å²) in [4.78, 5) is 22.8. The van der Waals surface area contributed by atoms with Crippen LogP contribution in [0.15, 0.2) is 42.5 Å². The zero-order valence-electron chi connectivity index (χ0n) is 10.4. The fourth-order valence-corrected chi connectivity index (χ4v) is 1.53. The number of benzene rings is 1. The maximum atomic E-state index is 11.7. The van der Waals surface area contributed by atoms with Crippen LogP contribution in [-0.2, 0) is 9.53 Å². The van der Waals surface area contributed by atoms with Crippen molar-refractivity contribution in [1.29, 1.82) is 0 Å². The Morgan fingerprint density at radius 3 is 2.39 bits per heavy atom. The largest absolute Gasteiger partial charge is 0.386 e. The van der Waals surface area contributed by atoms with Gasteiger partial charge in [0.15, 0.2) is 11.6 Å². The van der Waals surface area contributed by atoms with Crippen LogP contribution in [0, 0.1) is 0 Å². The van der Waals surface area contributed by atoms with Gasteiger partial charge in [-0.2, -0.15) is 0 Å². The van der Waals surface area contributed by atoms with Gasteiger partial charge in [0.05, 0.1) is 0 Å². The molecule has 0 saturated heterocycles. The van der Waals surface area contributed by atoms with E-state index in [-0.39, 0.29) is 11.6 Å². The van der Waals surface area contributed by atoms with Crippen molar-refractivity contribution in [3.05, 3.63) is 48.0 Å². The molecule has 0 aliphatic carbocycles. The monoisotopic (exact) mass is 248 g/mol. The third-order valence-electron chi connectivity index (χ3n) is 2.47. The predicted molar refractivity (Wildman–Crippen MR) is 67.4 cm³/mol. The van der Waals surface area contributed by atoms with E-state index in [0.717, 1.165) is 0 Å². The molecule has 1 rings (SSSR count). The fraction of sp³-hybridized carbons (Fsp3) is 0.286. The Labute approximate surface area is 106 Å². The molecule has 4 heteroatoms. The van der Waals surface area contributed by atoms with Crippen molar-refractivity contribution < 1.29 is 19.4 Å². The summed E-state index contributed by atoms with van der Waals surface area (Å²) in [5.74, 6) is -0.519. The van der Waals surface area contributed by atoms with Crippen molar-refractivity contribution in [1.82, 2.24) is 0 Å². The third kappa shape index (κ3) is 3.91. The van der Waals surface area contributed by atoms with Crippen molar-refractivity contribution in [2.24, 2.45) is 0 Å². The maximum Gasteiger partial charge on any atom is 0.185 e. The first-order valence-electron chi connectivity index (χ1n) is 5.55. The summed E-state index contributed by atoms with van der Waals surface area (Å²) in [5, 5.41) is 9.69. The molecule has 0 unspecified atom stereocenters. The quantitative estimate of drug-likeness (QED) is 0.610. The topological polar surface area (TPSA) is 63.6 Å². The van der Waals surface area contributed by atoms with E-state index in [9.17, 15) is 14.7 Å². The second-order valence-electron chi connectivity index (χ2n) is 3.85. The molecule has 0 fully saturated rings. The van der Waals surface area contributed by atoms with E-state index in [1.165, 1.54) is 26.2 Å². The SMILES string of the molecule is CO[C@@H](C(C)=O)[C@@H](O)/C=C/C(=O)c1ccccc1. The molecule has 1 N–H and O–H groups in total. The predicted octanol–water partition coefficient (Wildman–Crippen LogP) is 1.39. The second kappa shape index (κ2) is 6.83. The number of aliphatic hydroxyl groups excluding tert-OH is 1. The molecule has 0 heterocycles. The Morgan fingerprint density at radius 2 is 1.89 bits per heavy atom. The zero-order chi connectivity index (χ0) is 13.5. The van der Waals surface area contributed by atoms with Gasteiger partial charge < -0.3 is 9.84 Å². The highest BCUT2D eigenvalue weighted by atomic mass is 16.5. The third-order valence-corrected chi connectivity index (χ3v) is 2.47. The van der Waals surface area contributed by atoms with Gasteiger partial charge in [0, 0.05) is 12.7 Å². The Morgan fingerprint density at radius 1 is 1.28 bits per heavy atom. The standard InChI is InChI=1S/C14H16O4/c1-10(15)14(18-2)13(17)9-8-12(16)11-6-4-3-5-7-11/h3-9,13-14,17H,1-2H3/b9-8+/t13-,14-/m0/s1. The van der Waals surface area contributed by atoms with E-state index in [4.69, 9.17) is 4.74 Å². The van der Waals surface area contributed by atoms with Gasteiger partial charge >= 0.3 is 0 Å². The first-order chi connectivity index (χ1) is 8.56. The molecule has 0 radical (unpaired) electrons. The first kappa shape index (κ1) is 14.3. The molecule has 96 valence electrons. The van der Waals surface area contributed by atoms with Crippen LogP contribution in [-0.4, -0.2) is 36.0 Å². The van der Waals surface area contributed by atoms with Gasteiger partial charge in [0.2, 0.25) is 0 Å². The molecule has 18 heavy (non-hydrogen) atoms. The van der Waals surface area contributed by atoms with Crippen molar-refractivity contribution in [2.75, 3.05) is 7.11 Å². The van der Waals surface area contributed by atoms with Crippen LogP contribution < -0.4 is 0 Å². The molecule has 1 aromatic carbocycles. The second-order valence-corrected chi connectivity index (χ2v) is 3.85. The number of hydrogen-bond acceptors (Lipinski definition) is 4. The molecule has 2 atom stereocenters. The van der Waals surface area contributed by atoms with Crippen LogP contribution in [0.1, 0.15) is 17.3 Å². The number of rotatable bonds is 6. The Hall–Kier alpha value is -1.78. The van der Waals surface area contributed by atoms with E-state index in [0.29, 0.717) is 5.56 Å². The summed E-state index contributed by atoms with van der Waals surface area (Å²) in [5.41, 5.74) is 0.526. The first-order valence-corrected chi connectivity index (χ1v) is 5.55. The van der Waals surface area contributed by atoms with Crippen LogP contribution >= 0.6 is 0 Å². The minimum Gasteiger partial charge on any atom is -0.386 e. The molecule has 0 aromatic heterocycles. The maximum absolute atomic E-state index is 11.7. The van der Waals surface area contributed by atoms with E-state index in [2.05, 4.69) is 0 Å². The minimum absolute atomic E-state index is 0.229. The minimum atomic E-state index is -1.12. The fourth-order valence-electron chi connectivity index (χ4n) is 1.53. The van der Waals surface area contributed by atoms with Gasteiger partial charge in [-0.05, 0) is 19.1 Å². The Kier molecular flexibility index (Phi) is 5.42. The van der Waals surface area contributed by atoms with E-state index < -0.39 is 12.2 Å². The molecule has 0 amide bonds. The highest BCUT2D eigenvalue weighted by Crippen LogP contribution is 2.05. The average Bonchev–Trinajstić information content (AvgIpc) is 2.37. The van der Waals surface area contributed by atoms with Gasteiger partial charge in [-0.25, -0.2) is 0 Å². The summed E-state index contributed by atoms with van der Waals surface area (Å²) in [6.45, 7) is 1.32. The molecule has 4 nitrogen and oxygen atoms in total. The van der Waals surface area contributed by atoms with Gasteiger partial charge in [0.25, 0.3) is 0 Å². The van der Waals surface area contributed by atoms with Crippen molar-refractivity contribution in [2.45, 2.75) is 19.1 Å². The normalized spacial score (nSPS) is 14.4. The lowest BCUT2D eigenvalue weighted by Gasteiger charge is -2.15. The highest BCUT2D eigenvalue weighted by molar-refractivity contribution is 6.04. The number of allylic oxidation sites excluding steroid dienone is 1. The number of ether oxygens (including phenoxy) is 1. The summed E-state index contributed by atoms with van der Waals surface area (Å²) in [6.07, 6.45) is 0.449. The lowest BCUT2D eigenvalue weighted by atomic mass is 10.1. The average molecular weight is 248 g/mol. The Balaban J connectivity index is 2.69. The number of carbonyl (C=O) groups is 2. The molecule has 0 aliphatic rings. The smallest absolute Gasteiger partial charge is 0.185 e. The van der Waals surface area contributed by atoms with Crippen molar-refractivity contribution >= 4 is 11.6 Å². The number of methoxy groups -OCH3 is 1. The van der Waals surface area contributed by atoms with E-state index in [1.54, 1.807) is 24.3 Å². The van der Waals surface area contributed by atoms with Crippen LogP contribution in [0.25, 0.3) is 0 Å². The summed E-state index contributed by atoms with van der Waals surface area (Å²) in [6, 6.07) is 8.68. The molecule has 0 bridgehead atoms. The van der Waals surface area contributed by atoms with Crippen LogP contribution in [0.4, 0.5) is 0 Å². The van der Waals surface area contributed by atoms with Gasteiger partial charge in [0.1, 0.15) is 12.2 Å². The number of hydrogen-bond donors (Lipinski definition) is 1. The van der Waals surface area contributed by atoms with Crippen LogP contribution in [0.5, 0.6) is 0 Å².